The van der Waals surface area contributed by atoms with E-state index in [1.165, 1.54) is 12.2 Å². The highest BCUT2D eigenvalue weighted by Crippen LogP contribution is 2.58. The molecule has 2 aliphatic heterocycles. The number of carboxylic acid groups (broad SMARTS) is 1. The largest absolute Gasteiger partial charge is 0.479 e. The van der Waals surface area contributed by atoms with Crippen LogP contribution in [-0.2, 0) is 60.7 Å². The van der Waals surface area contributed by atoms with Gasteiger partial charge in [-0.1, -0.05) is 26.0 Å². The van der Waals surface area contributed by atoms with Crippen molar-refractivity contribution >= 4 is 29.5 Å². The van der Waals surface area contributed by atoms with E-state index in [1.807, 2.05) is 26.8 Å². The molecule has 53 heavy (non-hydrogen) atoms. The molecule has 1 unspecified atom stereocenters. The van der Waals surface area contributed by atoms with Gasteiger partial charge in [0.05, 0.1) is 51.7 Å². The maximum atomic E-state index is 12.3. The van der Waals surface area contributed by atoms with Crippen LogP contribution in [0.4, 0.5) is 0 Å². The third-order valence-electron chi connectivity index (χ3n) is 9.75. The Morgan fingerprint density at radius 1 is 0.868 bits per heavy atom. The Kier molecular flexibility index (Phi) is 15.0. The van der Waals surface area contributed by atoms with Crippen LogP contribution in [0.15, 0.2) is 30.4 Å². The zero-order valence-corrected chi connectivity index (χ0v) is 30.2. The molecule has 5 N–H and O–H groups in total. The first-order valence-corrected chi connectivity index (χ1v) is 17.5. The van der Waals surface area contributed by atoms with Crippen molar-refractivity contribution in [3.05, 3.63) is 41.5 Å². The average Bonchev–Trinajstić information content (AvgIpc) is 3.31. The number of hydrogen-bond acceptors (Lipinski definition) is 14. The van der Waals surface area contributed by atoms with Gasteiger partial charge in [0, 0.05) is 49.2 Å². The standard InChI is InChI=1S/C36H50N2O15/c1-35(2)34(47)36(35,3)21-51-20-23-7-6-22(19-24(23)52-33-30(44)28(42)29(43)31(53-33)32(45)46)5-4-13-48-15-17-50-18-16-49-14-11-37-25(39)10-12-38-26(40)8-9-27(38)41/h6-9,19,28-31,33,42-44H,4-5,10-18,20-21H2,1-3H3,(H,37,39)(H,45,46)/t28-,29-,30+,31-,33+,36?/m0/s1. The summed E-state index contributed by atoms with van der Waals surface area (Å²) in [4.78, 5) is 59.8. The summed E-state index contributed by atoms with van der Waals surface area (Å²) in [6.07, 6.45) is -5.29. The number of ether oxygens (including phenoxy) is 6. The van der Waals surface area contributed by atoms with Gasteiger partial charge in [-0.05, 0) is 31.4 Å². The molecular weight excluding hydrogens is 700 g/mol. The molecule has 0 radical (unpaired) electrons. The van der Waals surface area contributed by atoms with E-state index in [2.05, 4.69) is 5.32 Å². The summed E-state index contributed by atoms with van der Waals surface area (Å²) in [6, 6.07) is 5.31. The van der Waals surface area contributed by atoms with Crippen LogP contribution < -0.4 is 10.1 Å². The number of aryl methyl sites for hydroxylation is 1. The van der Waals surface area contributed by atoms with E-state index >= 15 is 0 Å². The van der Waals surface area contributed by atoms with Crippen molar-refractivity contribution < 1.29 is 72.8 Å². The Bertz CT molecular complexity index is 1480. The van der Waals surface area contributed by atoms with Crippen molar-refractivity contribution in [2.45, 2.75) is 77.3 Å². The van der Waals surface area contributed by atoms with Gasteiger partial charge >= 0.3 is 5.97 Å². The number of nitrogens with one attached hydrogen (secondary N) is 1. The van der Waals surface area contributed by atoms with Crippen LogP contribution in [0, 0.1) is 10.8 Å². The van der Waals surface area contributed by atoms with Crippen LogP contribution in [0.1, 0.15) is 44.7 Å². The average molecular weight is 751 g/mol. The van der Waals surface area contributed by atoms with Crippen LogP contribution in [0.5, 0.6) is 5.75 Å². The van der Waals surface area contributed by atoms with E-state index in [9.17, 15) is 44.4 Å². The number of Topliss-reactive ketones (excluding diaryl/α,β-unsaturated/α-hetero) is 1. The molecule has 6 atom stereocenters. The zero-order chi connectivity index (χ0) is 38.8. The Hall–Kier alpha value is -3.81. The van der Waals surface area contributed by atoms with Gasteiger partial charge in [0.15, 0.2) is 6.10 Å². The van der Waals surface area contributed by atoms with Crippen molar-refractivity contribution in [2.75, 3.05) is 59.3 Å². The van der Waals surface area contributed by atoms with Crippen molar-refractivity contribution in [3.63, 3.8) is 0 Å². The molecule has 1 saturated heterocycles. The lowest BCUT2D eigenvalue weighted by atomic mass is 9.99. The molecule has 2 fully saturated rings. The third-order valence-corrected chi connectivity index (χ3v) is 9.75. The first kappa shape index (κ1) is 41.9. The number of aliphatic hydroxyl groups excluding tert-OH is 3. The molecule has 17 heteroatoms. The number of ketones is 1. The van der Waals surface area contributed by atoms with E-state index in [0.717, 1.165) is 10.5 Å². The Morgan fingerprint density at radius 3 is 2.11 bits per heavy atom. The monoisotopic (exact) mass is 750 g/mol. The molecule has 0 aromatic heterocycles. The Balaban J connectivity index is 1.13. The molecule has 294 valence electrons. The second-order valence-electron chi connectivity index (χ2n) is 13.8. The minimum absolute atomic E-state index is 0.0122. The van der Waals surface area contributed by atoms with Gasteiger partial charge in [-0.3, -0.25) is 24.1 Å². The van der Waals surface area contributed by atoms with Crippen molar-refractivity contribution in [1.82, 2.24) is 10.2 Å². The van der Waals surface area contributed by atoms with E-state index in [0.29, 0.717) is 51.4 Å². The highest BCUT2D eigenvalue weighted by atomic mass is 16.7. The maximum absolute atomic E-state index is 12.3. The topological polar surface area (TPSA) is 237 Å². The lowest BCUT2D eigenvalue weighted by molar-refractivity contribution is -0.271. The number of carbonyl (C=O) groups is 5. The summed E-state index contributed by atoms with van der Waals surface area (Å²) in [7, 11) is 0. The molecule has 1 saturated carbocycles. The Morgan fingerprint density at radius 2 is 1.49 bits per heavy atom. The van der Waals surface area contributed by atoms with Gasteiger partial charge in [0.2, 0.25) is 12.2 Å². The Labute approximate surface area is 307 Å². The summed E-state index contributed by atoms with van der Waals surface area (Å²) >= 11 is 0. The highest BCUT2D eigenvalue weighted by molar-refractivity contribution is 6.13. The predicted molar refractivity (Wildman–Crippen MR) is 182 cm³/mol. The number of carboxylic acids is 1. The van der Waals surface area contributed by atoms with Gasteiger partial charge in [-0.15, -0.1) is 0 Å². The summed E-state index contributed by atoms with van der Waals surface area (Å²) in [5.41, 5.74) is 0.258. The van der Waals surface area contributed by atoms with E-state index in [4.69, 9.17) is 28.4 Å². The lowest BCUT2D eigenvalue weighted by Crippen LogP contribution is -2.61. The van der Waals surface area contributed by atoms with Crippen LogP contribution in [0.25, 0.3) is 0 Å². The quantitative estimate of drug-likeness (QED) is 0.0701. The van der Waals surface area contributed by atoms with Crippen molar-refractivity contribution in [1.29, 1.82) is 0 Å². The SMILES string of the molecule is CC1(C)C(=O)C1(C)COCc1ccc(CCCOCCOCCOCCNC(=O)CCN2C(=O)C=CC2=O)cc1O[C@@H]1O[C@H](C(=O)O)[C@@H](O)[C@H](O)[C@H]1O. The van der Waals surface area contributed by atoms with Crippen LogP contribution in [0.2, 0.25) is 0 Å². The van der Waals surface area contributed by atoms with Gasteiger partial charge in [0.1, 0.15) is 29.8 Å². The molecular formula is C36H50N2O15. The molecule has 2 heterocycles. The minimum Gasteiger partial charge on any atom is -0.479 e. The fraction of sp³-hybridized carbons (Fsp3) is 0.639. The van der Waals surface area contributed by atoms with Gasteiger partial charge < -0.3 is 54.2 Å². The number of aliphatic hydroxyl groups is 3. The fourth-order valence-corrected chi connectivity index (χ4v) is 5.88. The predicted octanol–water partition coefficient (Wildman–Crippen LogP) is -0.497. The highest BCUT2D eigenvalue weighted by Gasteiger charge is 2.68. The number of benzene rings is 1. The number of imide groups is 1. The molecule has 0 spiro atoms. The molecule has 3 aliphatic rings. The molecule has 1 aromatic carbocycles. The number of amides is 3. The number of nitrogens with zero attached hydrogens (tertiary/aromatic N) is 1. The molecule has 3 amide bonds. The van der Waals surface area contributed by atoms with E-state index in [-0.39, 0.29) is 56.8 Å². The number of hydrogen-bond donors (Lipinski definition) is 5. The zero-order valence-electron chi connectivity index (χ0n) is 30.2. The van der Waals surface area contributed by atoms with E-state index in [1.54, 1.807) is 12.1 Å². The molecule has 1 aromatic rings. The molecule has 17 nitrogen and oxygen atoms in total. The lowest BCUT2D eigenvalue weighted by Gasteiger charge is -2.38. The summed E-state index contributed by atoms with van der Waals surface area (Å²) < 4.78 is 33.7. The second-order valence-corrected chi connectivity index (χ2v) is 13.8. The summed E-state index contributed by atoms with van der Waals surface area (Å²) in [5.74, 6) is -2.35. The third kappa shape index (κ3) is 10.9. The molecule has 0 bridgehead atoms. The minimum atomic E-state index is -1.86. The van der Waals surface area contributed by atoms with Crippen LogP contribution >= 0.6 is 0 Å². The van der Waals surface area contributed by atoms with Crippen LogP contribution in [-0.4, -0.2) is 145 Å². The molecule has 4 rings (SSSR count). The first-order chi connectivity index (χ1) is 25.2. The van der Waals surface area contributed by atoms with Crippen molar-refractivity contribution in [3.8, 4) is 5.75 Å². The fourth-order valence-electron chi connectivity index (χ4n) is 5.88. The molecule has 1 aliphatic carbocycles. The number of carbonyl (C=O) groups excluding carboxylic acids is 4. The smallest absolute Gasteiger partial charge is 0.335 e. The summed E-state index contributed by atoms with van der Waals surface area (Å²) in [5, 5.41) is 42.9. The number of rotatable bonds is 23. The normalized spacial score (nSPS) is 26.3. The first-order valence-electron chi connectivity index (χ1n) is 17.5. The maximum Gasteiger partial charge on any atom is 0.335 e. The van der Waals surface area contributed by atoms with Gasteiger partial charge in [0.25, 0.3) is 11.8 Å². The van der Waals surface area contributed by atoms with Crippen molar-refractivity contribution in [2.24, 2.45) is 10.8 Å². The van der Waals surface area contributed by atoms with Gasteiger partial charge in [-0.25, -0.2) is 4.79 Å². The summed E-state index contributed by atoms with van der Waals surface area (Å²) in [6.45, 7) is 8.13. The van der Waals surface area contributed by atoms with E-state index < -0.39 is 59.3 Å². The van der Waals surface area contributed by atoms with Crippen LogP contribution in [0.3, 0.4) is 0 Å². The van der Waals surface area contributed by atoms with Gasteiger partial charge in [-0.2, -0.15) is 0 Å². The second kappa shape index (κ2) is 19.0. The number of aliphatic carboxylic acids is 1.